The fourth-order valence-corrected chi connectivity index (χ4v) is 2.88. The normalized spacial score (nSPS) is 10.3. The minimum Gasteiger partial charge on any atom is -0.337 e. The number of carbonyl (C=O) groups excluding carboxylic acids is 2. The number of urea groups is 1. The van der Waals surface area contributed by atoms with Gasteiger partial charge in [0.25, 0.3) is 0 Å². The first-order valence-corrected chi connectivity index (χ1v) is 9.38. The van der Waals surface area contributed by atoms with Crippen LogP contribution in [0.15, 0.2) is 46.9 Å². The van der Waals surface area contributed by atoms with Gasteiger partial charge in [0.05, 0.1) is 0 Å². The predicted molar refractivity (Wildman–Crippen MR) is 110 cm³/mol. The Kier molecular flexibility index (Phi) is 7.21. The number of nitrogens with zero attached hydrogens (tertiary/aromatic N) is 1. The minimum absolute atomic E-state index is 0.00913. The molecule has 2 aromatic rings. The van der Waals surface area contributed by atoms with Gasteiger partial charge in [-0.15, -0.1) is 0 Å². The molecule has 26 heavy (non-hydrogen) atoms. The van der Waals surface area contributed by atoms with Crippen molar-refractivity contribution in [3.05, 3.63) is 58.1 Å². The number of anilines is 2. The van der Waals surface area contributed by atoms with Crippen LogP contribution in [-0.2, 0) is 4.79 Å². The molecule has 138 valence electrons. The highest BCUT2D eigenvalue weighted by Crippen LogP contribution is 2.22. The zero-order valence-corrected chi connectivity index (χ0v) is 16.9. The summed E-state index contributed by atoms with van der Waals surface area (Å²) in [5, 5.41) is 5.46. The predicted octanol–water partition coefficient (Wildman–Crippen LogP) is 4.63. The van der Waals surface area contributed by atoms with Gasteiger partial charge in [-0.3, -0.25) is 4.79 Å². The van der Waals surface area contributed by atoms with Crippen LogP contribution in [0.3, 0.4) is 0 Å². The second kappa shape index (κ2) is 9.38. The molecule has 0 atom stereocenters. The molecule has 0 spiro atoms. The molecule has 0 radical (unpaired) electrons. The third kappa shape index (κ3) is 5.59. The minimum atomic E-state index is -0.324. The molecule has 0 aliphatic carbocycles. The summed E-state index contributed by atoms with van der Waals surface area (Å²) in [6, 6.07) is 13.0. The molecule has 0 aromatic heterocycles. The third-order valence-corrected chi connectivity index (χ3v) is 4.53. The van der Waals surface area contributed by atoms with Crippen molar-refractivity contribution < 1.29 is 9.59 Å². The number of halogens is 1. The molecule has 0 saturated heterocycles. The quantitative estimate of drug-likeness (QED) is 0.719. The van der Waals surface area contributed by atoms with E-state index in [1.54, 1.807) is 17.0 Å². The van der Waals surface area contributed by atoms with Gasteiger partial charge in [-0.2, -0.15) is 0 Å². The van der Waals surface area contributed by atoms with Crippen LogP contribution in [0.4, 0.5) is 16.2 Å². The number of aryl methyl sites for hydroxylation is 2. The van der Waals surface area contributed by atoms with Crippen molar-refractivity contribution in [1.29, 1.82) is 0 Å². The van der Waals surface area contributed by atoms with Gasteiger partial charge in [0.2, 0.25) is 5.91 Å². The van der Waals surface area contributed by atoms with Crippen molar-refractivity contribution in [3.8, 4) is 0 Å². The maximum Gasteiger partial charge on any atom is 0.319 e. The lowest BCUT2D eigenvalue weighted by atomic mass is 10.1. The van der Waals surface area contributed by atoms with E-state index in [0.29, 0.717) is 12.2 Å². The van der Waals surface area contributed by atoms with Gasteiger partial charge in [0, 0.05) is 35.4 Å². The SMILES string of the molecule is CCN(C(=O)CCNC(=O)Nc1ccc(Br)cc1)c1cc(C)ccc1C. The Morgan fingerprint density at radius 1 is 1.08 bits per heavy atom. The van der Waals surface area contributed by atoms with Crippen LogP contribution in [-0.4, -0.2) is 25.0 Å². The van der Waals surface area contributed by atoms with E-state index in [1.165, 1.54) is 0 Å². The average molecular weight is 418 g/mol. The van der Waals surface area contributed by atoms with Crippen molar-refractivity contribution >= 4 is 39.2 Å². The molecule has 2 rings (SSSR count). The van der Waals surface area contributed by atoms with Crippen molar-refractivity contribution in [3.63, 3.8) is 0 Å². The second-order valence-corrected chi connectivity index (χ2v) is 6.98. The summed E-state index contributed by atoms with van der Waals surface area (Å²) in [6.07, 6.45) is 0.245. The van der Waals surface area contributed by atoms with Crippen LogP contribution in [0.25, 0.3) is 0 Å². The smallest absolute Gasteiger partial charge is 0.319 e. The fourth-order valence-electron chi connectivity index (χ4n) is 2.62. The van der Waals surface area contributed by atoms with E-state index in [9.17, 15) is 9.59 Å². The molecule has 2 N–H and O–H groups in total. The molecule has 3 amide bonds. The standard InChI is InChI=1S/C20H24BrN3O2/c1-4-24(18-13-14(2)5-6-15(18)3)19(25)11-12-22-20(26)23-17-9-7-16(21)8-10-17/h5-10,13H,4,11-12H2,1-3H3,(H2,22,23,26). The summed E-state index contributed by atoms with van der Waals surface area (Å²) in [5.74, 6) is -0.00913. The van der Waals surface area contributed by atoms with E-state index < -0.39 is 0 Å². The Morgan fingerprint density at radius 3 is 2.42 bits per heavy atom. The van der Waals surface area contributed by atoms with E-state index in [-0.39, 0.29) is 24.9 Å². The third-order valence-electron chi connectivity index (χ3n) is 4.00. The number of amides is 3. The van der Waals surface area contributed by atoms with Crippen molar-refractivity contribution in [1.82, 2.24) is 5.32 Å². The average Bonchev–Trinajstić information content (AvgIpc) is 2.60. The topological polar surface area (TPSA) is 61.4 Å². The molecular weight excluding hydrogens is 394 g/mol. The highest BCUT2D eigenvalue weighted by atomic mass is 79.9. The summed E-state index contributed by atoms with van der Waals surface area (Å²) in [5.41, 5.74) is 3.80. The number of hydrogen-bond acceptors (Lipinski definition) is 2. The monoisotopic (exact) mass is 417 g/mol. The summed E-state index contributed by atoms with van der Waals surface area (Å²) < 4.78 is 0.945. The van der Waals surface area contributed by atoms with Crippen LogP contribution < -0.4 is 15.5 Å². The van der Waals surface area contributed by atoms with Crippen LogP contribution in [0.5, 0.6) is 0 Å². The number of nitrogens with one attached hydrogen (secondary N) is 2. The lowest BCUT2D eigenvalue weighted by Gasteiger charge is -2.23. The van der Waals surface area contributed by atoms with Gasteiger partial charge in [-0.05, 0) is 62.2 Å². The highest BCUT2D eigenvalue weighted by molar-refractivity contribution is 9.10. The van der Waals surface area contributed by atoms with Crippen molar-refractivity contribution in [2.24, 2.45) is 0 Å². The molecule has 0 fully saturated rings. The van der Waals surface area contributed by atoms with Gasteiger partial charge >= 0.3 is 6.03 Å². The highest BCUT2D eigenvalue weighted by Gasteiger charge is 2.16. The van der Waals surface area contributed by atoms with Crippen molar-refractivity contribution in [2.45, 2.75) is 27.2 Å². The first-order valence-electron chi connectivity index (χ1n) is 8.58. The molecule has 0 unspecified atom stereocenters. The molecule has 6 heteroatoms. The van der Waals surface area contributed by atoms with Gasteiger partial charge in [-0.25, -0.2) is 4.79 Å². The molecular formula is C20H24BrN3O2. The van der Waals surface area contributed by atoms with Gasteiger partial charge in [0.1, 0.15) is 0 Å². The molecule has 0 bridgehead atoms. The van der Waals surface area contributed by atoms with Crippen LogP contribution in [0.2, 0.25) is 0 Å². The lowest BCUT2D eigenvalue weighted by Crippen LogP contribution is -2.36. The Hall–Kier alpha value is -2.34. The van der Waals surface area contributed by atoms with Crippen LogP contribution >= 0.6 is 15.9 Å². The molecule has 2 aromatic carbocycles. The molecule has 0 aliphatic heterocycles. The van der Waals surface area contributed by atoms with Crippen molar-refractivity contribution in [2.75, 3.05) is 23.3 Å². The first kappa shape index (κ1) is 20.0. The summed E-state index contributed by atoms with van der Waals surface area (Å²) in [7, 11) is 0. The number of benzene rings is 2. The summed E-state index contributed by atoms with van der Waals surface area (Å²) >= 11 is 3.35. The number of carbonyl (C=O) groups is 2. The lowest BCUT2D eigenvalue weighted by molar-refractivity contribution is -0.118. The van der Waals surface area contributed by atoms with Gasteiger partial charge in [0.15, 0.2) is 0 Å². The maximum atomic E-state index is 12.6. The van der Waals surface area contributed by atoms with E-state index in [4.69, 9.17) is 0 Å². The van der Waals surface area contributed by atoms with E-state index >= 15 is 0 Å². The zero-order chi connectivity index (χ0) is 19.1. The molecule has 0 aliphatic rings. The molecule has 0 saturated carbocycles. The summed E-state index contributed by atoms with van der Waals surface area (Å²) in [6.45, 7) is 6.83. The largest absolute Gasteiger partial charge is 0.337 e. The van der Waals surface area contributed by atoms with Crippen LogP contribution in [0, 0.1) is 13.8 Å². The maximum absolute atomic E-state index is 12.6. The Labute approximate surface area is 162 Å². The van der Waals surface area contributed by atoms with Gasteiger partial charge < -0.3 is 15.5 Å². The summed E-state index contributed by atoms with van der Waals surface area (Å²) in [4.78, 5) is 26.3. The zero-order valence-electron chi connectivity index (χ0n) is 15.3. The second-order valence-electron chi connectivity index (χ2n) is 6.07. The van der Waals surface area contributed by atoms with E-state index in [2.05, 4.69) is 26.6 Å². The van der Waals surface area contributed by atoms with Crippen LogP contribution in [0.1, 0.15) is 24.5 Å². The Balaban J connectivity index is 1.87. The van der Waals surface area contributed by atoms with E-state index in [1.807, 2.05) is 51.1 Å². The molecule has 5 nitrogen and oxygen atoms in total. The number of rotatable bonds is 6. The first-order chi connectivity index (χ1) is 12.4. The molecule has 0 heterocycles. The Morgan fingerprint density at radius 2 is 1.77 bits per heavy atom. The van der Waals surface area contributed by atoms with E-state index in [0.717, 1.165) is 21.3 Å². The fraction of sp³-hybridized carbons (Fsp3) is 0.300. The number of hydrogen-bond donors (Lipinski definition) is 2. The Bertz CT molecular complexity index is 775. The van der Waals surface area contributed by atoms with Gasteiger partial charge in [-0.1, -0.05) is 28.1 Å².